The van der Waals surface area contributed by atoms with Crippen molar-refractivity contribution in [1.82, 2.24) is 10.2 Å². The van der Waals surface area contributed by atoms with Gasteiger partial charge in [0.2, 0.25) is 5.91 Å². The van der Waals surface area contributed by atoms with Crippen LogP contribution in [0.3, 0.4) is 0 Å². The molecule has 0 aromatic rings. The standard InChI is InChI=1S/C8H14N2O/c11-8-7-3-1-2-5-10(7)6-4-9-8/h7H,1-6H2,(H,9,11)/t7-/m1/s1. The fourth-order valence-corrected chi connectivity index (χ4v) is 2.00. The number of amides is 1. The number of nitrogens with one attached hydrogen (secondary N) is 1. The van der Waals surface area contributed by atoms with Crippen LogP contribution in [0.25, 0.3) is 0 Å². The molecule has 2 heterocycles. The van der Waals surface area contributed by atoms with Gasteiger partial charge < -0.3 is 5.32 Å². The van der Waals surface area contributed by atoms with E-state index in [0.29, 0.717) is 0 Å². The molecule has 0 bridgehead atoms. The second-order valence-corrected chi connectivity index (χ2v) is 3.34. The molecule has 0 radical (unpaired) electrons. The molecule has 1 atom stereocenters. The molecule has 2 fully saturated rings. The Kier molecular flexibility index (Phi) is 1.82. The quantitative estimate of drug-likeness (QED) is 0.531. The van der Waals surface area contributed by atoms with Crippen molar-refractivity contribution in [2.75, 3.05) is 19.6 Å². The Morgan fingerprint density at radius 2 is 2.27 bits per heavy atom. The second-order valence-electron chi connectivity index (χ2n) is 3.34. The first kappa shape index (κ1) is 7.10. The number of hydrogen-bond acceptors (Lipinski definition) is 2. The molecular weight excluding hydrogens is 140 g/mol. The number of piperazine rings is 1. The predicted octanol–water partition coefficient (Wildman–Crippen LogP) is -0.0293. The zero-order valence-corrected chi connectivity index (χ0v) is 6.68. The lowest BCUT2D eigenvalue weighted by Crippen LogP contribution is -2.56. The maximum Gasteiger partial charge on any atom is 0.237 e. The molecule has 0 saturated carbocycles. The Morgan fingerprint density at radius 3 is 3.09 bits per heavy atom. The molecule has 3 nitrogen and oxygen atoms in total. The fraction of sp³-hybridized carbons (Fsp3) is 0.875. The Hall–Kier alpha value is -0.570. The molecule has 2 saturated heterocycles. The third kappa shape index (κ3) is 1.25. The fourth-order valence-electron chi connectivity index (χ4n) is 2.00. The molecule has 3 heteroatoms. The number of nitrogens with zero attached hydrogens (tertiary/aromatic N) is 1. The number of piperidine rings is 1. The summed E-state index contributed by atoms with van der Waals surface area (Å²) in [6.07, 6.45) is 3.55. The van der Waals surface area contributed by atoms with Crippen molar-refractivity contribution in [2.24, 2.45) is 0 Å². The summed E-state index contributed by atoms with van der Waals surface area (Å²) < 4.78 is 0. The van der Waals surface area contributed by atoms with E-state index < -0.39 is 0 Å². The third-order valence-corrected chi connectivity index (χ3v) is 2.61. The van der Waals surface area contributed by atoms with Crippen molar-refractivity contribution in [3.63, 3.8) is 0 Å². The lowest BCUT2D eigenvalue weighted by molar-refractivity contribution is -0.130. The summed E-state index contributed by atoms with van der Waals surface area (Å²) in [6.45, 7) is 3.02. The maximum atomic E-state index is 11.3. The Bertz CT molecular complexity index is 167. The summed E-state index contributed by atoms with van der Waals surface area (Å²) in [5.74, 6) is 0.246. The number of carbonyl (C=O) groups is 1. The topological polar surface area (TPSA) is 32.3 Å². The van der Waals surface area contributed by atoms with Gasteiger partial charge in [0, 0.05) is 13.1 Å². The van der Waals surface area contributed by atoms with Crippen molar-refractivity contribution in [1.29, 1.82) is 0 Å². The van der Waals surface area contributed by atoms with E-state index in [1.807, 2.05) is 0 Å². The first-order valence-corrected chi connectivity index (χ1v) is 4.40. The molecule has 0 spiro atoms. The molecule has 62 valence electrons. The van der Waals surface area contributed by atoms with Gasteiger partial charge in [-0.15, -0.1) is 0 Å². The molecule has 11 heavy (non-hydrogen) atoms. The van der Waals surface area contributed by atoms with E-state index in [2.05, 4.69) is 10.2 Å². The second kappa shape index (κ2) is 2.81. The van der Waals surface area contributed by atoms with Gasteiger partial charge in [-0.3, -0.25) is 9.69 Å². The van der Waals surface area contributed by atoms with Gasteiger partial charge in [-0.1, -0.05) is 6.42 Å². The van der Waals surface area contributed by atoms with Gasteiger partial charge in [-0.25, -0.2) is 0 Å². The van der Waals surface area contributed by atoms with Gasteiger partial charge >= 0.3 is 0 Å². The van der Waals surface area contributed by atoms with E-state index in [1.165, 1.54) is 12.8 Å². The highest BCUT2D eigenvalue weighted by atomic mass is 16.2. The summed E-state index contributed by atoms with van der Waals surface area (Å²) in [7, 11) is 0. The molecular formula is C8H14N2O. The molecule has 2 aliphatic heterocycles. The molecule has 0 unspecified atom stereocenters. The normalized spacial score (nSPS) is 32.7. The lowest BCUT2D eigenvalue weighted by Gasteiger charge is -2.38. The molecule has 1 amide bonds. The summed E-state index contributed by atoms with van der Waals surface area (Å²) in [4.78, 5) is 13.6. The highest BCUT2D eigenvalue weighted by Gasteiger charge is 2.30. The molecule has 0 aromatic heterocycles. The van der Waals surface area contributed by atoms with Crippen molar-refractivity contribution in [3.8, 4) is 0 Å². The number of fused-ring (bicyclic) bond motifs is 1. The van der Waals surface area contributed by atoms with Gasteiger partial charge in [0.05, 0.1) is 6.04 Å². The molecule has 0 aliphatic carbocycles. The molecule has 2 rings (SSSR count). The largest absolute Gasteiger partial charge is 0.353 e. The minimum Gasteiger partial charge on any atom is -0.353 e. The van der Waals surface area contributed by atoms with Crippen molar-refractivity contribution < 1.29 is 4.79 Å². The van der Waals surface area contributed by atoms with Crippen LogP contribution in [0.15, 0.2) is 0 Å². The minimum atomic E-state index is 0.206. The highest BCUT2D eigenvalue weighted by molar-refractivity contribution is 5.82. The van der Waals surface area contributed by atoms with Gasteiger partial charge in [0.25, 0.3) is 0 Å². The number of carbonyl (C=O) groups excluding carboxylic acids is 1. The highest BCUT2D eigenvalue weighted by Crippen LogP contribution is 2.18. The van der Waals surface area contributed by atoms with E-state index >= 15 is 0 Å². The summed E-state index contributed by atoms with van der Waals surface area (Å²) in [6, 6.07) is 0.206. The van der Waals surface area contributed by atoms with Crippen LogP contribution < -0.4 is 5.32 Å². The first-order valence-electron chi connectivity index (χ1n) is 4.40. The van der Waals surface area contributed by atoms with Crippen LogP contribution in [-0.2, 0) is 4.79 Å². The first-order chi connectivity index (χ1) is 5.38. The van der Waals surface area contributed by atoms with Crippen LogP contribution in [0.2, 0.25) is 0 Å². The smallest absolute Gasteiger partial charge is 0.237 e. The van der Waals surface area contributed by atoms with E-state index in [-0.39, 0.29) is 11.9 Å². The zero-order chi connectivity index (χ0) is 7.68. The lowest BCUT2D eigenvalue weighted by atomic mass is 10.00. The van der Waals surface area contributed by atoms with Gasteiger partial charge in [0.1, 0.15) is 0 Å². The molecule has 1 N–H and O–H groups in total. The number of hydrogen-bond donors (Lipinski definition) is 1. The Labute approximate surface area is 66.8 Å². The Morgan fingerprint density at radius 1 is 1.36 bits per heavy atom. The average molecular weight is 154 g/mol. The van der Waals surface area contributed by atoms with Crippen LogP contribution >= 0.6 is 0 Å². The summed E-state index contributed by atoms with van der Waals surface area (Å²) in [5, 5.41) is 2.90. The van der Waals surface area contributed by atoms with E-state index in [4.69, 9.17) is 0 Å². The maximum absolute atomic E-state index is 11.3. The van der Waals surface area contributed by atoms with Gasteiger partial charge in [-0.2, -0.15) is 0 Å². The summed E-state index contributed by atoms with van der Waals surface area (Å²) in [5.41, 5.74) is 0. The van der Waals surface area contributed by atoms with Crippen LogP contribution in [0.1, 0.15) is 19.3 Å². The SMILES string of the molecule is O=C1NCCN2CCCC[C@H]12. The zero-order valence-electron chi connectivity index (χ0n) is 6.68. The summed E-state index contributed by atoms with van der Waals surface area (Å²) >= 11 is 0. The van der Waals surface area contributed by atoms with Gasteiger partial charge in [0.15, 0.2) is 0 Å². The van der Waals surface area contributed by atoms with Crippen molar-refractivity contribution in [2.45, 2.75) is 25.3 Å². The Balaban J connectivity index is 2.05. The van der Waals surface area contributed by atoms with Crippen LogP contribution in [-0.4, -0.2) is 36.5 Å². The van der Waals surface area contributed by atoms with Crippen molar-refractivity contribution >= 4 is 5.91 Å². The van der Waals surface area contributed by atoms with E-state index in [9.17, 15) is 4.79 Å². The van der Waals surface area contributed by atoms with Crippen LogP contribution in [0.4, 0.5) is 0 Å². The van der Waals surface area contributed by atoms with Crippen molar-refractivity contribution in [3.05, 3.63) is 0 Å². The van der Waals surface area contributed by atoms with Crippen LogP contribution in [0, 0.1) is 0 Å². The average Bonchev–Trinajstić information content (AvgIpc) is 2.06. The van der Waals surface area contributed by atoms with E-state index in [0.717, 1.165) is 26.1 Å². The monoisotopic (exact) mass is 154 g/mol. The van der Waals surface area contributed by atoms with Gasteiger partial charge in [-0.05, 0) is 19.4 Å². The predicted molar refractivity (Wildman–Crippen MR) is 42.2 cm³/mol. The minimum absolute atomic E-state index is 0.206. The molecule has 2 aliphatic rings. The van der Waals surface area contributed by atoms with Crippen LogP contribution in [0.5, 0.6) is 0 Å². The van der Waals surface area contributed by atoms with E-state index in [1.54, 1.807) is 0 Å². The molecule has 0 aromatic carbocycles. The third-order valence-electron chi connectivity index (χ3n) is 2.61. The number of rotatable bonds is 0.